The number of hydrogen-bond acceptors (Lipinski definition) is 1. The lowest BCUT2D eigenvalue weighted by molar-refractivity contribution is 0.551. The molecule has 16 heavy (non-hydrogen) atoms. The third-order valence-electron chi connectivity index (χ3n) is 2.29. The van der Waals surface area contributed by atoms with Crippen LogP contribution < -0.4 is 4.43 Å². The van der Waals surface area contributed by atoms with E-state index in [1.165, 1.54) is 0 Å². The molecule has 1 aromatic carbocycles. The van der Waals surface area contributed by atoms with E-state index in [1.807, 2.05) is 37.3 Å². The summed E-state index contributed by atoms with van der Waals surface area (Å²) in [4.78, 5) is 0. The molecule has 0 atom stereocenters. The van der Waals surface area contributed by atoms with Crippen molar-refractivity contribution < 1.29 is 4.43 Å². The highest BCUT2D eigenvalue weighted by molar-refractivity contribution is 6.72. The van der Waals surface area contributed by atoms with Gasteiger partial charge in [-0.25, -0.2) is 0 Å². The van der Waals surface area contributed by atoms with Crippen LogP contribution in [0.25, 0.3) is 6.08 Å². The number of allylic oxidation sites excluding steroid dienone is 2. The van der Waals surface area contributed by atoms with Crippen molar-refractivity contribution in [3.63, 3.8) is 0 Å². The molecular weight excluding hydrogens is 212 g/mol. The molecule has 0 aliphatic heterocycles. The van der Waals surface area contributed by atoms with Crippen molar-refractivity contribution in [2.24, 2.45) is 0 Å². The molecule has 0 aromatic heterocycles. The van der Waals surface area contributed by atoms with Gasteiger partial charge in [0.15, 0.2) is 0 Å². The molecule has 2 heteroatoms. The van der Waals surface area contributed by atoms with Gasteiger partial charge in [-0.1, -0.05) is 36.4 Å². The average molecular weight is 232 g/mol. The standard InChI is InChI=1S/C14H20OSi/c1-5-9-13-10-7-8-11-14(13)15-16(3,4)12-6-2/h5-11H,2,12H2,1,3-4H3/b9-5+. The molecule has 0 unspecified atom stereocenters. The Labute approximate surface area is 99.6 Å². The van der Waals surface area contributed by atoms with Crippen molar-refractivity contribution in [3.8, 4) is 5.75 Å². The van der Waals surface area contributed by atoms with E-state index in [0.29, 0.717) is 0 Å². The predicted molar refractivity (Wildman–Crippen MR) is 74.3 cm³/mol. The van der Waals surface area contributed by atoms with Crippen LogP contribution >= 0.6 is 0 Å². The summed E-state index contributed by atoms with van der Waals surface area (Å²) in [6.45, 7) is 10.2. The minimum Gasteiger partial charge on any atom is -0.543 e. The third-order valence-corrected chi connectivity index (χ3v) is 4.33. The maximum Gasteiger partial charge on any atom is 0.248 e. The highest BCUT2D eigenvalue weighted by Gasteiger charge is 2.23. The summed E-state index contributed by atoms with van der Waals surface area (Å²) >= 11 is 0. The van der Waals surface area contributed by atoms with Crippen LogP contribution in [0.2, 0.25) is 19.1 Å². The lowest BCUT2D eigenvalue weighted by Crippen LogP contribution is -2.33. The van der Waals surface area contributed by atoms with Crippen molar-refractivity contribution >= 4 is 14.4 Å². The van der Waals surface area contributed by atoms with Gasteiger partial charge in [0, 0.05) is 5.56 Å². The fourth-order valence-corrected chi connectivity index (χ4v) is 3.14. The van der Waals surface area contributed by atoms with Crippen LogP contribution in [0.4, 0.5) is 0 Å². The van der Waals surface area contributed by atoms with E-state index in [-0.39, 0.29) is 0 Å². The van der Waals surface area contributed by atoms with Crippen LogP contribution in [0.15, 0.2) is 43.0 Å². The molecule has 0 bridgehead atoms. The second-order valence-corrected chi connectivity index (χ2v) is 8.52. The van der Waals surface area contributed by atoms with Gasteiger partial charge in [0.25, 0.3) is 0 Å². The minimum atomic E-state index is -1.66. The molecule has 0 saturated heterocycles. The topological polar surface area (TPSA) is 9.23 Å². The molecule has 0 radical (unpaired) electrons. The Morgan fingerprint density at radius 3 is 2.62 bits per heavy atom. The first kappa shape index (κ1) is 12.8. The van der Waals surface area contributed by atoms with E-state index >= 15 is 0 Å². The lowest BCUT2D eigenvalue weighted by atomic mass is 10.2. The van der Waals surface area contributed by atoms with Gasteiger partial charge in [-0.2, -0.15) is 0 Å². The molecule has 0 fully saturated rings. The second kappa shape index (κ2) is 5.71. The molecule has 0 N–H and O–H groups in total. The van der Waals surface area contributed by atoms with E-state index in [0.717, 1.165) is 17.4 Å². The van der Waals surface area contributed by atoms with Gasteiger partial charge in [-0.3, -0.25) is 0 Å². The van der Waals surface area contributed by atoms with Crippen LogP contribution in [-0.4, -0.2) is 8.32 Å². The first-order valence-corrected chi connectivity index (χ1v) is 8.72. The van der Waals surface area contributed by atoms with E-state index in [1.54, 1.807) is 0 Å². The van der Waals surface area contributed by atoms with Crippen LogP contribution in [0, 0.1) is 0 Å². The third kappa shape index (κ3) is 3.70. The number of benzene rings is 1. The summed E-state index contributed by atoms with van der Waals surface area (Å²) in [7, 11) is -1.66. The zero-order valence-corrected chi connectivity index (χ0v) is 11.4. The first-order valence-electron chi connectivity index (χ1n) is 5.61. The Bertz CT molecular complexity index is 380. The van der Waals surface area contributed by atoms with Gasteiger partial charge in [-0.05, 0) is 32.1 Å². The monoisotopic (exact) mass is 232 g/mol. The molecule has 0 heterocycles. The zero-order chi connectivity index (χ0) is 12.0. The van der Waals surface area contributed by atoms with Crippen molar-refractivity contribution in [1.29, 1.82) is 0 Å². The maximum absolute atomic E-state index is 6.14. The Balaban J connectivity index is 2.91. The van der Waals surface area contributed by atoms with E-state index in [9.17, 15) is 0 Å². The van der Waals surface area contributed by atoms with Gasteiger partial charge < -0.3 is 4.43 Å². The predicted octanol–water partition coefficient (Wildman–Crippen LogP) is 4.49. The van der Waals surface area contributed by atoms with Gasteiger partial charge in [0.05, 0.1) is 0 Å². The summed E-state index contributed by atoms with van der Waals surface area (Å²) in [5.74, 6) is 0.985. The van der Waals surface area contributed by atoms with Crippen molar-refractivity contribution in [1.82, 2.24) is 0 Å². The summed E-state index contributed by atoms with van der Waals surface area (Å²) in [5.41, 5.74) is 1.15. The Morgan fingerprint density at radius 1 is 1.31 bits per heavy atom. The summed E-state index contributed by atoms with van der Waals surface area (Å²) in [5, 5.41) is 0. The Kier molecular flexibility index (Phi) is 4.56. The molecule has 0 aliphatic carbocycles. The van der Waals surface area contributed by atoms with Gasteiger partial charge in [-0.15, -0.1) is 6.58 Å². The smallest absolute Gasteiger partial charge is 0.248 e. The van der Waals surface area contributed by atoms with Crippen molar-refractivity contribution in [2.45, 2.75) is 26.1 Å². The molecule has 1 nitrogen and oxygen atoms in total. The SMILES string of the molecule is C=CC[Si](C)(C)Oc1ccccc1/C=C/C. The van der Waals surface area contributed by atoms with E-state index in [4.69, 9.17) is 4.43 Å². The van der Waals surface area contributed by atoms with Crippen LogP contribution in [-0.2, 0) is 0 Å². The molecule has 1 rings (SSSR count). The fraction of sp³-hybridized carbons (Fsp3) is 0.286. The lowest BCUT2D eigenvalue weighted by Gasteiger charge is -2.24. The highest BCUT2D eigenvalue weighted by Crippen LogP contribution is 2.24. The van der Waals surface area contributed by atoms with Crippen molar-refractivity contribution in [2.75, 3.05) is 0 Å². The number of hydrogen-bond donors (Lipinski definition) is 0. The van der Waals surface area contributed by atoms with Gasteiger partial charge in [0.2, 0.25) is 8.32 Å². The van der Waals surface area contributed by atoms with Gasteiger partial charge in [0.1, 0.15) is 5.75 Å². The molecule has 1 aromatic rings. The van der Waals surface area contributed by atoms with Gasteiger partial charge >= 0.3 is 0 Å². The second-order valence-electron chi connectivity index (χ2n) is 4.39. The Morgan fingerprint density at radius 2 is 2.00 bits per heavy atom. The largest absolute Gasteiger partial charge is 0.543 e. The fourth-order valence-electron chi connectivity index (χ4n) is 1.58. The Hall–Kier alpha value is -1.28. The first-order chi connectivity index (χ1) is 7.59. The summed E-state index contributed by atoms with van der Waals surface area (Å²) < 4.78 is 6.14. The molecule has 0 amide bonds. The molecule has 0 aliphatic rings. The molecule has 0 saturated carbocycles. The molecular formula is C14H20OSi. The van der Waals surface area contributed by atoms with Crippen LogP contribution in [0.1, 0.15) is 12.5 Å². The van der Waals surface area contributed by atoms with E-state index in [2.05, 4.69) is 31.8 Å². The zero-order valence-electron chi connectivity index (χ0n) is 10.4. The maximum atomic E-state index is 6.14. The number of para-hydroxylation sites is 1. The highest BCUT2D eigenvalue weighted by atomic mass is 28.4. The normalized spacial score (nSPS) is 11.7. The number of rotatable bonds is 5. The average Bonchev–Trinajstić information content (AvgIpc) is 2.20. The van der Waals surface area contributed by atoms with Crippen LogP contribution in [0.5, 0.6) is 5.75 Å². The summed E-state index contributed by atoms with van der Waals surface area (Å²) in [6.07, 6.45) is 6.06. The van der Waals surface area contributed by atoms with E-state index < -0.39 is 8.32 Å². The molecule has 0 spiro atoms. The van der Waals surface area contributed by atoms with Crippen LogP contribution in [0.3, 0.4) is 0 Å². The summed E-state index contributed by atoms with van der Waals surface area (Å²) in [6, 6.07) is 9.13. The van der Waals surface area contributed by atoms with Crippen molar-refractivity contribution in [3.05, 3.63) is 48.6 Å². The molecule has 86 valence electrons. The minimum absolute atomic E-state index is 0.969. The quantitative estimate of drug-likeness (QED) is 0.537.